The number of esters is 1. The van der Waals surface area contributed by atoms with Crippen LogP contribution < -0.4 is 5.32 Å². The number of anilines is 1. The lowest BCUT2D eigenvalue weighted by Crippen LogP contribution is -2.34. The van der Waals surface area contributed by atoms with Gasteiger partial charge in [0.05, 0.1) is 12.6 Å². The van der Waals surface area contributed by atoms with Crippen LogP contribution in [0.3, 0.4) is 0 Å². The van der Waals surface area contributed by atoms with E-state index in [9.17, 15) is 9.59 Å². The van der Waals surface area contributed by atoms with E-state index in [-0.39, 0.29) is 17.8 Å². The molecule has 1 unspecified atom stereocenters. The molecule has 0 aromatic carbocycles. The molecule has 2 aromatic rings. The summed E-state index contributed by atoms with van der Waals surface area (Å²) in [6.07, 6.45) is 3.08. The van der Waals surface area contributed by atoms with Crippen molar-refractivity contribution in [3.05, 3.63) is 28.4 Å². The first kappa shape index (κ1) is 15.5. The van der Waals surface area contributed by atoms with Crippen molar-refractivity contribution in [3.8, 4) is 0 Å². The van der Waals surface area contributed by atoms with Crippen LogP contribution in [0.15, 0.2) is 22.2 Å². The summed E-state index contributed by atoms with van der Waals surface area (Å²) >= 11 is 1.36. The fourth-order valence-corrected chi connectivity index (χ4v) is 3.40. The van der Waals surface area contributed by atoms with Crippen molar-refractivity contribution in [3.63, 3.8) is 0 Å². The number of carbonyl (C=O) groups excluding carboxylic acids is 2. The van der Waals surface area contributed by atoms with E-state index in [1.54, 1.807) is 23.3 Å². The van der Waals surface area contributed by atoms with Gasteiger partial charge >= 0.3 is 12.0 Å². The third-order valence-corrected chi connectivity index (χ3v) is 4.42. The summed E-state index contributed by atoms with van der Waals surface area (Å²) in [4.78, 5) is 30.1. The number of ether oxygens (including phenoxy) is 1. The zero-order valence-corrected chi connectivity index (χ0v) is 13.3. The summed E-state index contributed by atoms with van der Waals surface area (Å²) in [6, 6.07) is 1.18. The molecule has 0 bridgehead atoms. The second-order valence-electron chi connectivity index (χ2n) is 4.96. The SMILES string of the molecule is CCOC(=O)c1csc(C2CCCN2C(=O)Nc2ccon2)n1. The molecule has 2 amide bonds. The molecule has 1 N–H and O–H groups in total. The summed E-state index contributed by atoms with van der Waals surface area (Å²) < 4.78 is 9.64. The second kappa shape index (κ2) is 6.78. The minimum absolute atomic E-state index is 0.143. The van der Waals surface area contributed by atoms with Gasteiger partial charge in [0.15, 0.2) is 11.5 Å². The fourth-order valence-electron chi connectivity index (χ4n) is 2.46. The van der Waals surface area contributed by atoms with Gasteiger partial charge in [-0.05, 0) is 19.8 Å². The summed E-state index contributed by atoms with van der Waals surface area (Å²) in [5.74, 6) is -0.0707. The van der Waals surface area contributed by atoms with E-state index < -0.39 is 5.97 Å². The Morgan fingerprint density at radius 2 is 2.43 bits per heavy atom. The van der Waals surface area contributed by atoms with Crippen LogP contribution in [0.4, 0.5) is 10.6 Å². The quantitative estimate of drug-likeness (QED) is 0.862. The summed E-state index contributed by atoms with van der Waals surface area (Å²) in [5, 5.41) is 8.75. The van der Waals surface area contributed by atoms with E-state index in [0.29, 0.717) is 19.0 Å². The molecule has 1 aliphatic rings. The van der Waals surface area contributed by atoms with Crippen molar-refractivity contribution in [1.82, 2.24) is 15.0 Å². The molecular formula is C14H16N4O4S. The molecule has 0 aliphatic carbocycles. The number of thiazole rings is 1. The van der Waals surface area contributed by atoms with E-state index in [0.717, 1.165) is 17.8 Å². The highest BCUT2D eigenvalue weighted by Gasteiger charge is 2.33. The summed E-state index contributed by atoms with van der Waals surface area (Å²) in [6.45, 7) is 2.68. The van der Waals surface area contributed by atoms with Gasteiger partial charge in [-0.25, -0.2) is 14.6 Å². The standard InChI is InChI=1S/C14H16N4O4S/c1-2-21-13(19)9-8-23-12(15-9)10-4-3-6-18(10)14(20)16-11-5-7-22-17-11/h5,7-8,10H,2-4,6H2,1H3,(H,16,17,20). The maximum Gasteiger partial charge on any atom is 0.357 e. The molecule has 1 saturated heterocycles. The largest absolute Gasteiger partial charge is 0.461 e. The van der Waals surface area contributed by atoms with E-state index in [4.69, 9.17) is 9.26 Å². The number of rotatable bonds is 4. The lowest BCUT2D eigenvalue weighted by atomic mass is 10.2. The summed E-state index contributed by atoms with van der Waals surface area (Å²) in [7, 11) is 0. The molecule has 1 fully saturated rings. The van der Waals surface area contributed by atoms with Crippen molar-refractivity contribution in [2.45, 2.75) is 25.8 Å². The lowest BCUT2D eigenvalue weighted by Gasteiger charge is -2.22. The number of aromatic nitrogens is 2. The highest BCUT2D eigenvalue weighted by atomic mass is 32.1. The molecular weight excluding hydrogens is 320 g/mol. The van der Waals surface area contributed by atoms with Crippen LogP contribution in [0.1, 0.15) is 41.3 Å². The first-order valence-corrected chi connectivity index (χ1v) is 8.17. The van der Waals surface area contributed by atoms with E-state index in [1.165, 1.54) is 17.6 Å². The Labute approximate surface area is 136 Å². The molecule has 0 spiro atoms. The number of hydrogen-bond acceptors (Lipinski definition) is 7. The molecule has 23 heavy (non-hydrogen) atoms. The monoisotopic (exact) mass is 336 g/mol. The third kappa shape index (κ3) is 3.34. The first-order chi connectivity index (χ1) is 11.2. The van der Waals surface area contributed by atoms with Crippen LogP contribution >= 0.6 is 11.3 Å². The Kier molecular flexibility index (Phi) is 4.56. The lowest BCUT2D eigenvalue weighted by molar-refractivity contribution is 0.0520. The molecule has 3 heterocycles. The van der Waals surface area contributed by atoms with Gasteiger partial charge in [0.2, 0.25) is 0 Å². The first-order valence-electron chi connectivity index (χ1n) is 7.29. The van der Waals surface area contributed by atoms with Crippen molar-refractivity contribution in [2.75, 3.05) is 18.5 Å². The Balaban J connectivity index is 1.71. The van der Waals surface area contributed by atoms with Gasteiger partial charge in [-0.15, -0.1) is 11.3 Å². The van der Waals surface area contributed by atoms with E-state index in [2.05, 4.69) is 15.5 Å². The van der Waals surface area contributed by atoms with Crippen molar-refractivity contribution < 1.29 is 18.8 Å². The maximum atomic E-state index is 12.4. The molecule has 3 rings (SSSR count). The van der Waals surface area contributed by atoms with Crippen molar-refractivity contribution >= 4 is 29.2 Å². The number of likely N-dealkylation sites (tertiary alicyclic amines) is 1. The normalized spacial score (nSPS) is 17.3. The molecule has 0 saturated carbocycles. The van der Waals surface area contributed by atoms with E-state index >= 15 is 0 Å². The number of urea groups is 1. The zero-order valence-electron chi connectivity index (χ0n) is 12.5. The minimum atomic E-state index is -0.438. The van der Waals surface area contributed by atoms with Crippen LogP contribution in [0.5, 0.6) is 0 Å². The average molecular weight is 336 g/mol. The van der Waals surface area contributed by atoms with Crippen LogP contribution in [-0.2, 0) is 4.74 Å². The predicted molar refractivity (Wildman–Crippen MR) is 82.3 cm³/mol. The van der Waals surface area contributed by atoms with Crippen molar-refractivity contribution in [2.24, 2.45) is 0 Å². The van der Waals surface area contributed by atoms with Gasteiger partial charge < -0.3 is 14.2 Å². The smallest absolute Gasteiger partial charge is 0.357 e. The van der Waals surface area contributed by atoms with Gasteiger partial charge in [-0.2, -0.15) is 0 Å². The van der Waals surface area contributed by atoms with Crippen LogP contribution in [0.2, 0.25) is 0 Å². The molecule has 9 heteroatoms. The second-order valence-corrected chi connectivity index (χ2v) is 5.85. The number of amides is 2. The minimum Gasteiger partial charge on any atom is -0.461 e. The summed E-state index contributed by atoms with van der Waals surface area (Å²) in [5.41, 5.74) is 0.288. The fraction of sp³-hybridized carbons (Fsp3) is 0.429. The highest BCUT2D eigenvalue weighted by Crippen LogP contribution is 2.34. The Morgan fingerprint density at radius 1 is 1.57 bits per heavy atom. The van der Waals surface area contributed by atoms with Crippen molar-refractivity contribution in [1.29, 1.82) is 0 Å². The zero-order chi connectivity index (χ0) is 16.2. The Bertz CT molecular complexity index is 685. The Hall–Kier alpha value is -2.42. The van der Waals surface area contributed by atoms with Gasteiger partial charge in [-0.3, -0.25) is 5.32 Å². The Morgan fingerprint density at radius 3 is 3.17 bits per heavy atom. The number of nitrogens with one attached hydrogen (secondary N) is 1. The number of nitrogens with zero attached hydrogens (tertiary/aromatic N) is 3. The van der Waals surface area contributed by atoms with Gasteiger partial charge in [0.25, 0.3) is 0 Å². The maximum absolute atomic E-state index is 12.4. The van der Waals surface area contributed by atoms with Gasteiger partial charge in [0.1, 0.15) is 11.3 Å². The topological polar surface area (TPSA) is 97.6 Å². The number of carbonyl (C=O) groups is 2. The molecule has 1 atom stereocenters. The average Bonchev–Trinajstić information content (AvgIpc) is 3.28. The van der Waals surface area contributed by atoms with E-state index in [1.807, 2.05) is 0 Å². The van der Waals surface area contributed by atoms with Crippen LogP contribution in [0.25, 0.3) is 0 Å². The molecule has 1 aliphatic heterocycles. The molecule has 2 aromatic heterocycles. The van der Waals surface area contributed by atoms with Gasteiger partial charge in [-0.1, -0.05) is 5.16 Å². The molecule has 8 nitrogen and oxygen atoms in total. The van der Waals surface area contributed by atoms with Gasteiger partial charge in [0, 0.05) is 18.0 Å². The third-order valence-electron chi connectivity index (χ3n) is 3.48. The molecule has 0 radical (unpaired) electrons. The van der Waals surface area contributed by atoms with Crippen LogP contribution in [-0.4, -0.2) is 40.2 Å². The number of hydrogen-bond donors (Lipinski definition) is 1. The highest BCUT2D eigenvalue weighted by molar-refractivity contribution is 7.09. The van der Waals surface area contributed by atoms with Crippen LogP contribution in [0, 0.1) is 0 Å². The predicted octanol–water partition coefficient (Wildman–Crippen LogP) is 2.68. The molecule has 122 valence electrons.